The first-order valence-electron chi connectivity index (χ1n) is 16.3. The molecule has 0 unspecified atom stereocenters. The molecule has 0 radical (unpaired) electrons. The quantitative estimate of drug-likeness (QED) is 0.285. The fraction of sp³-hybridized carbons (Fsp3) is 0.472. The number of ether oxygens (including phenoxy) is 3. The van der Waals surface area contributed by atoms with Gasteiger partial charge in [-0.3, -0.25) is 14.4 Å². The Balaban J connectivity index is 1.62. The summed E-state index contributed by atoms with van der Waals surface area (Å²) >= 11 is 0. The fourth-order valence-electron chi connectivity index (χ4n) is 5.69. The molecular formula is C36H48FN3O7S. The van der Waals surface area contributed by atoms with Gasteiger partial charge >= 0.3 is 0 Å². The van der Waals surface area contributed by atoms with Crippen LogP contribution in [-0.4, -0.2) is 87.9 Å². The minimum absolute atomic E-state index is 0.118. The molecule has 3 aromatic rings. The van der Waals surface area contributed by atoms with E-state index < -0.39 is 27.8 Å². The standard InChI is InChI=1S/C36H48FN3O7S/c1-25-21-40(26(2)24-41)36(42)33-20-30(38-48(43,44)32-16-11-29(37)12-17-32)13-18-34(33)47-27(3)8-6-7-19-46-35(25)23-39(4)22-28-9-14-31(45-5)15-10-28/h9-18,20,25-27,35,38,41H,6-8,19,21-24H2,1-5H3/t25-,26-,27-,35+/m0/s1. The number of anilines is 1. The number of benzene rings is 3. The Labute approximate surface area is 283 Å². The van der Waals surface area contributed by atoms with Crippen molar-refractivity contribution in [3.05, 3.63) is 83.7 Å². The number of nitrogens with zero attached hydrogens (tertiary/aromatic N) is 2. The first kappa shape index (κ1) is 37.1. The van der Waals surface area contributed by atoms with Crippen LogP contribution in [0.15, 0.2) is 71.6 Å². The van der Waals surface area contributed by atoms with Gasteiger partial charge in [0, 0.05) is 37.8 Å². The maximum Gasteiger partial charge on any atom is 0.261 e. The minimum atomic E-state index is -4.07. The van der Waals surface area contributed by atoms with Gasteiger partial charge in [-0.05, 0) is 100 Å². The lowest BCUT2D eigenvalue weighted by Crippen LogP contribution is -2.47. The summed E-state index contributed by atoms with van der Waals surface area (Å²) in [6.07, 6.45) is 1.99. The molecule has 0 saturated heterocycles. The predicted molar refractivity (Wildman–Crippen MR) is 183 cm³/mol. The van der Waals surface area contributed by atoms with Gasteiger partial charge in [-0.15, -0.1) is 0 Å². The minimum Gasteiger partial charge on any atom is -0.497 e. The summed E-state index contributed by atoms with van der Waals surface area (Å²) in [7, 11) is -0.395. The van der Waals surface area contributed by atoms with Gasteiger partial charge < -0.3 is 24.2 Å². The molecule has 1 aliphatic rings. The zero-order valence-electron chi connectivity index (χ0n) is 28.4. The molecule has 0 spiro atoms. The Morgan fingerprint density at radius 3 is 2.46 bits per heavy atom. The number of nitrogens with one attached hydrogen (secondary N) is 1. The molecule has 0 bridgehead atoms. The Kier molecular flexibility index (Phi) is 13.2. The third-order valence-electron chi connectivity index (χ3n) is 8.53. The van der Waals surface area contributed by atoms with E-state index in [1.165, 1.54) is 24.3 Å². The van der Waals surface area contributed by atoms with Gasteiger partial charge in [-0.2, -0.15) is 0 Å². The molecule has 262 valence electrons. The van der Waals surface area contributed by atoms with Gasteiger partial charge in [-0.1, -0.05) is 19.1 Å². The van der Waals surface area contributed by atoms with Crippen molar-refractivity contribution in [1.82, 2.24) is 9.80 Å². The summed E-state index contributed by atoms with van der Waals surface area (Å²) in [6.45, 7) is 7.62. The molecule has 2 N–H and O–H groups in total. The number of likely N-dealkylation sites (N-methyl/N-ethyl adjacent to an activating group) is 1. The number of carbonyl (C=O) groups is 1. The largest absolute Gasteiger partial charge is 0.497 e. The number of amides is 1. The molecule has 0 aliphatic carbocycles. The van der Waals surface area contributed by atoms with Crippen molar-refractivity contribution in [2.45, 2.75) is 69.7 Å². The number of fused-ring (bicyclic) bond motifs is 1. The number of hydrogen-bond acceptors (Lipinski definition) is 8. The van der Waals surface area contributed by atoms with Crippen molar-refractivity contribution in [3.8, 4) is 11.5 Å². The van der Waals surface area contributed by atoms with E-state index in [0.29, 0.717) is 25.4 Å². The number of methoxy groups -OCH3 is 1. The lowest BCUT2D eigenvalue weighted by atomic mass is 10.0. The highest BCUT2D eigenvalue weighted by Gasteiger charge is 2.30. The van der Waals surface area contributed by atoms with Crippen molar-refractivity contribution >= 4 is 21.6 Å². The monoisotopic (exact) mass is 685 g/mol. The average molecular weight is 686 g/mol. The fourth-order valence-corrected chi connectivity index (χ4v) is 6.74. The average Bonchev–Trinajstić information content (AvgIpc) is 3.06. The number of rotatable bonds is 10. The van der Waals surface area contributed by atoms with E-state index in [2.05, 4.69) is 9.62 Å². The molecule has 0 saturated carbocycles. The number of aliphatic hydroxyl groups is 1. The Morgan fingerprint density at radius 1 is 1.08 bits per heavy atom. The molecule has 3 aromatic carbocycles. The van der Waals surface area contributed by atoms with Gasteiger partial charge in [0.15, 0.2) is 0 Å². The maximum atomic E-state index is 14.4. The van der Waals surface area contributed by atoms with E-state index in [9.17, 15) is 22.7 Å². The molecule has 0 fully saturated rings. The number of hydrogen-bond donors (Lipinski definition) is 2. The SMILES string of the molecule is COc1ccc(CN(C)C[C@H]2OCCCC[C@H](C)Oc3ccc(NS(=O)(=O)c4ccc(F)cc4)cc3C(=O)N([C@@H](C)CO)C[C@@H]2C)cc1. The van der Waals surface area contributed by atoms with Gasteiger partial charge in [0.05, 0.1) is 42.4 Å². The van der Waals surface area contributed by atoms with E-state index in [-0.39, 0.29) is 47.4 Å². The topological polar surface area (TPSA) is 118 Å². The van der Waals surface area contributed by atoms with E-state index in [1.54, 1.807) is 25.0 Å². The van der Waals surface area contributed by atoms with E-state index in [4.69, 9.17) is 14.2 Å². The third kappa shape index (κ3) is 10.1. The van der Waals surface area contributed by atoms with E-state index in [1.807, 2.05) is 45.2 Å². The van der Waals surface area contributed by atoms with Crippen molar-refractivity contribution in [2.24, 2.45) is 5.92 Å². The predicted octanol–water partition coefficient (Wildman–Crippen LogP) is 5.56. The zero-order valence-corrected chi connectivity index (χ0v) is 29.2. The maximum absolute atomic E-state index is 14.4. The summed E-state index contributed by atoms with van der Waals surface area (Å²) in [6, 6.07) is 16.5. The van der Waals surface area contributed by atoms with Gasteiger partial charge in [-0.25, -0.2) is 12.8 Å². The molecule has 4 atom stereocenters. The number of halogens is 1. The molecule has 0 aromatic heterocycles. The summed E-state index contributed by atoms with van der Waals surface area (Å²) in [4.78, 5) is 18.0. The zero-order chi connectivity index (χ0) is 34.8. The summed E-state index contributed by atoms with van der Waals surface area (Å²) < 4.78 is 60.2. The summed E-state index contributed by atoms with van der Waals surface area (Å²) in [5, 5.41) is 10.2. The third-order valence-corrected chi connectivity index (χ3v) is 9.93. The lowest BCUT2D eigenvalue weighted by Gasteiger charge is -2.36. The van der Waals surface area contributed by atoms with Crippen LogP contribution in [0, 0.1) is 11.7 Å². The highest BCUT2D eigenvalue weighted by atomic mass is 32.2. The summed E-state index contributed by atoms with van der Waals surface area (Å²) in [5.41, 5.74) is 1.45. The first-order valence-corrected chi connectivity index (χ1v) is 17.8. The van der Waals surface area contributed by atoms with Crippen LogP contribution in [0.2, 0.25) is 0 Å². The smallest absolute Gasteiger partial charge is 0.261 e. The summed E-state index contributed by atoms with van der Waals surface area (Å²) in [5.74, 6) is 0.0411. The normalized spacial score (nSPS) is 20.4. The van der Waals surface area contributed by atoms with Gasteiger partial charge in [0.2, 0.25) is 0 Å². The van der Waals surface area contributed by atoms with E-state index in [0.717, 1.165) is 42.7 Å². The van der Waals surface area contributed by atoms with Gasteiger partial charge in [0.1, 0.15) is 17.3 Å². The molecule has 48 heavy (non-hydrogen) atoms. The van der Waals surface area contributed by atoms with Crippen LogP contribution in [0.25, 0.3) is 0 Å². The number of carbonyl (C=O) groups excluding carboxylic acids is 1. The molecule has 4 rings (SSSR count). The van der Waals surface area contributed by atoms with Crippen molar-refractivity contribution < 1.29 is 36.9 Å². The molecule has 1 aliphatic heterocycles. The second-order valence-electron chi connectivity index (χ2n) is 12.6. The van der Waals surface area contributed by atoms with Gasteiger partial charge in [0.25, 0.3) is 15.9 Å². The molecular weight excluding hydrogens is 637 g/mol. The van der Waals surface area contributed by atoms with Crippen LogP contribution < -0.4 is 14.2 Å². The van der Waals surface area contributed by atoms with Crippen LogP contribution in [-0.2, 0) is 21.3 Å². The van der Waals surface area contributed by atoms with Crippen molar-refractivity contribution in [3.63, 3.8) is 0 Å². The highest BCUT2D eigenvalue weighted by molar-refractivity contribution is 7.92. The second-order valence-corrected chi connectivity index (χ2v) is 14.3. The van der Waals surface area contributed by atoms with Crippen LogP contribution >= 0.6 is 0 Å². The molecule has 1 amide bonds. The second kappa shape index (κ2) is 17.1. The molecule has 10 nitrogen and oxygen atoms in total. The Morgan fingerprint density at radius 2 is 1.79 bits per heavy atom. The van der Waals surface area contributed by atoms with Crippen molar-refractivity contribution in [2.75, 3.05) is 45.2 Å². The number of sulfonamides is 1. The molecule has 1 heterocycles. The Bertz CT molecular complexity index is 1590. The van der Waals surface area contributed by atoms with E-state index >= 15 is 0 Å². The van der Waals surface area contributed by atoms with Crippen LogP contribution in [0.4, 0.5) is 10.1 Å². The Hall–Kier alpha value is -3.71. The van der Waals surface area contributed by atoms with Crippen LogP contribution in [0.3, 0.4) is 0 Å². The first-order chi connectivity index (χ1) is 22.9. The highest BCUT2D eigenvalue weighted by Crippen LogP contribution is 2.30. The van der Waals surface area contributed by atoms with Crippen LogP contribution in [0.1, 0.15) is 56.0 Å². The molecule has 12 heteroatoms. The van der Waals surface area contributed by atoms with Crippen molar-refractivity contribution in [1.29, 1.82) is 0 Å². The number of aliphatic hydroxyl groups excluding tert-OH is 1. The lowest BCUT2D eigenvalue weighted by molar-refractivity contribution is -0.0177. The van der Waals surface area contributed by atoms with Crippen LogP contribution in [0.5, 0.6) is 11.5 Å².